The van der Waals surface area contributed by atoms with Crippen LogP contribution in [0, 0.1) is 0 Å². The maximum atomic E-state index is 13.6. The molecule has 0 spiro atoms. The molecule has 6 nitrogen and oxygen atoms in total. The number of hydrogen-bond donors (Lipinski definition) is 2. The quantitative estimate of drug-likeness (QED) is 0.400. The predicted molar refractivity (Wildman–Crippen MR) is 139 cm³/mol. The number of carbonyl (C=O) groups excluding carboxylic acids is 3. The molecule has 1 fully saturated rings. The SMILES string of the molecule is CC(=O)Nc1ccc(N(C(=O)/C=C/c2cccs2)[C@H](C(=O)NC2CCCC2)c2cccs2)cc1. The van der Waals surface area contributed by atoms with Crippen molar-refractivity contribution in [1.29, 1.82) is 0 Å². The lowest BCUT2D eigenvalue weighted by molar-refractivity contribution is -0.125. The van der Waals surface area contributed by atoms with Gasteiger partial charge in [-0.3, -0.25) is 19.3 Å². The van der Waals surface area contributed by atoms with Crippen LogP contribution >= 0.6 is 22.7 Å². The summed E-state index contributed by atoms with van der Waals surface area (Å²) in [4.78, 5) is 41.9. The highest BCUT2D eigenvalue weighted by Crippen LogP contribution is 2.32. The molecular weight excluding hydrogens is 466 g/mol. The molecule has 2 N–H and O–H groups in total. The molecule has 1 aliphatic rings. The van der Waals surface area contributed by atoms with Crippen LogP contribution in [-0.2, 0) is 14.4 Å². The lowest BCUT2D eigenvalue weighted by atomic mass is 10.1. The maximum Gasteiger partial charge on any atom is 0.252 e. The van der Waals surface area contributed by atoms with Crippen molar-refractivity contribution in [2.45, 2.75) is 44.7 Å². The van der Waals surface area contributed by atoms with E-state index in [1.165, 1.54) is 40.6 Å². The third-order valence-electron chi connectivity index (χ3n) is 5.66. The average molecular weight is 494 g/mol. The van der Waals surface area contributed by atoms with E-state index in [1.807, 2.05) is 35.0 Å². The van der Waals surface area contributed by atoms with Crippen LogP contribution in [0.3, 0.4) is 0 Å². The highest BCUT2D eigenvalue weighted by Gasteiger charge is 2.34. The van der Waals surface area contributed by atoms with Gasteiger partial charge < -0.3 is 10.6 Å². The van der Waals surface area contributed by atoms with Crippen molar-refractivity contribution in [2.75, 3.05) is 10.2 Å². The summed E-state index contributed by atoms with van der Waals surface area (Å²) in [5, 5.41) is 9.78. The van der Waals surface area contributed by atoms with Crippen molar-refractivity contribution in [3.63, 3.8) is 0 Å². The summed E-state index contributed by atoms with van der Waals surface area (Å²) in [6.07, 6.45) is 7.40. The minimum atomic E-state index is -0.798. The van der Waals surface area contributed by atoms with E-state index < -0.39 is 6.04 Å². The van der Waals surface area contributed by atoms with Gasteiger partial charge in [-0.2, -0.15) is 0 Å². The monoisotopic (exact) mass is 493 g/mol. The number of rotatable bonds is 8. The van der Waals surface area contributed by atoms with Crippen LogP contribution in [0.25, 0.3) is 6.08 Å². The summed E-state index contributed by atoms with van der Waals surface area (Å²) in [6.45, 7) is 1.44. The number of carbonyl (C=O) groups is 3. The van der Waals surface area contributed by atoms with Gasteiger partial charge in [-0.25, -0.2) is 0 Å². The zero-order valence-corrected chi connectivity index (χ0v) is 20.5. The van der Waals surface area contributed by atoms with Crippen LogP contribution < -0.4 is 15.5 Å². The van der Waals surface area contributed by atoms with Crippen molar-refractivity contribution in [1.82, 2.24) is 5.32 Å². The molecule has 4 rings (SSSR count). The third kappa shape index (κ3) is 6.01. The van der Waals surface area contributed by atoms with E-state index in [1.54, 1.807) is 30.3 Å². The smallest absolute Gasteiger partial charge is 0.252 e. The van der Waals surface area contributed by atoms with Crippen molar-refractivity contribution in [2.24, 2.45) is 0 Å². The minimum Gasteiger partial charge on any atom is -0.351 e. The Labute approximate surface area is 207 Å². The topological polar surface area (TPSA) is 78.5 Å². The van der Waals surface area contributed by atoms with Crippen molar-refractivity contribution >= 4 is 57.8 Å². The first-order valence-corrected chi connectivity index (χ1v) is 13.0. The Hall–Kier alpha value is -3.23. The molecule has 8 heteroatoms. The van der Waals surface area contributed by atoms with Crippen LogP contribution in [0.2, 0.25) is 0 Å². The Balaban J connectivity index is 1.70. The number of hydrogen-bond acceptors (Lipinski definition) is 5. The van der Waals surface area contributed by atoms with Crippen LogP contribution in [0.15, 0.2) is 65.4 Å². The van der Waals surface area contributed by atoms with E-state index >= 15 is 0 Å². The van der Waals surface area contributed by atoms with Gasteiger partial charge in [0.15, 0.2) is 0 Å². The Morgan fingerprint density at radius 3 is 2.32 bits per heavy atom. The van der Waals surface area contributed by atoms with E-state index in [2.05, 4.69) is 10.6 Å². The summed E-state index contributed by atoms with van der Waals surface area (Å²) in [7, 11) is 0. The second-order valence-corrected chi connectivity index (χ2v) is 10.2. The van der Waals surface area contributed by atoms with E-state index in [9.17, 15) is 14.4 Å². The first-order valence-electron chi connectivity index (χ1n) is 11.3. The zero-order chi connectivity index (χ0) is 23.9. The number of nitrogens with zero attached hydrogens (tertiary/aromatic N) is 1. The number of amides is 3. The van der Waals surface area contributed by atoms with Gasteiger partial charge in [-0.05, 0) is 66.1 Å². The molecule has 3 aromatic rings. The molecule has 0 radical (unpaired) electrons. The van der Waals surface area contributed by atoms with Gasteiger partial charge in [0.25, 0.3) is 5.91 Å². The van der Waals surface area contributed by atoms with Crippen molar-refractivity contribution in [3.8, 4) is 0 Å². The molecule has 0 aliphatic heterocycles. The van der Waals surface area contributed by atoms with E-state index in [0.717, 1.165) is 35.4 Å². The first kappa shape index (κ1) is 23.9. The molecule has 1 aliphatic carbocycles. The average Bonchev–Trinajstić information content (AvgIpc) is 3.60. The van der Waals surface area contributed by atoms with Crippen molar-refractivity contribution < 1.29 is 14.4 Å². The molecule has 0 saturated heterocycles. The number of nitrogens with one attached hydrogen (secondary N) is 2. The molecule has 2 heterocycles. The molecular formula is C26H27N3O3S2. The van der Waals surface area contributed by atoms with Gasteiger partial charge >= 0.3 is 0 Å². The Kier molecular flexibility index (Phi) is 7.92. The molecule has 2 aromatic heterocycles. The third-order valence-corrected chi connectivity index (χ3v) is 7.42. The minimum absolute atomic E-state index is 0.135. The summed E-state index contributed by atoms with van der Waals surface area (Å²) in [6, 6.07) is 14.0. The number of thiophene rings is 2. The fraction of sp³-hybridized carbons (Fsp3) is 0.269. The van der Waals surface area contributed by atoms with Gasteiger partial charge in [0.1, 0.15) is 6.04 Å². The van der Waals surface area contributed by atoms with Crippen LogP contribution in [-0.4, -0.2) is 23.8 Å². The van der Waals surface area contributed by atoms with Gasteiger partial charge in [-0.15, -0.1) is 22.7 Å². The number of anilines is 2. The first-order chi connectivity index (χ1) is 16.5. The molecule has 3 amide bonds. The van der Waals surface area contributed by atoms with Gasteiger partial charge in [-0.1, -0.05) is 25.0 Å². The van der Waals surface area contributed by atoms with E-state index in [0.29, 0.717) is 11.4 Å². The lowest BCUT2D eigenvalue weighted by Gasteiger charge is -2.31. The number of benzene rings is 1. The van der Waals surface area contributed by atoms with Crippen molar-refractivity contribution in [3.05, 3.63) is 75.1 Å². The highest BCUT2D eigenvalue weighted by atomic mass is 32.1. The molecule has 176 valence electrons. The standard InChI is InChI=1S/C26H27N3O3S2/c1-18(30)27-20-10-12-21(13-11-20)29(24(31)15-14-22-8-4-16-33-22)25(23-9-5-17-34-23)26(32)28-19-6-2-3-7-19/h4-5,8-17,19,25H,2-3,6-7H2,1H3,(H,27,30)(H,28,32)/b15-14+/t25-/m0/s1. The lowest BCUT2D eigenvalue weighted by Crippen LogP contribution is -2.45. The Morgan fingerprint density at radius 2 is 1.71 bits per heavy atom. The van der Waals surface area contributed by atoms with Crippen LogP contribution in [0.1, 0.15) is 48.4 Å². The highest BCUT2D eigenvalue weighted by molar-refractivity contribution is 7.11. The van der Waals surface area contributed by atoms with Gasteiger partial charge in [0, 0.05) is 40.2 Å². The van der Waals surface area contributed by atoms with Crippen LogP contribution in [0.5, 0.6) is 0 Å². The summed E-state index contributed by atoms with van der Waals surface area (Å²) in [5.41, 5.74) is 1.20. The largest absolute Gasteiger partial charge is 0.351 e. The molecule has 0 unspecified atom stereocenters. The van der Waals surface area contributed by atoms with E-state index in [4.69, 9.17) is 0 Å². The van der Waals surface area contributed by atoms with Gasteiger partial charge in [0.2, 0.25) is 11.8 Å². The normalized spacial score (nSPS) is 14.7. The summed E-state index contributed by atoms with van der Waals surface area (Å²) < 4.78 is 0. The molecule has 0 bridgehead atoms. The fourth-order valence-corrected chi connectivity index (χ4v) is 5.53. The Morgan fingerprint density at radius 1 is 1.00 bits per heavy atom. The zero-order valence-electron chi connectivity index (χ0n) is 18.9. The predicted octanol–water partition coefficient (Wildman–Crippen LogP) is 5.61. The molecule has 1 aromatic carbocycles. The molecule has 1 atom stereocenters. The molecule has 1 saturated carbocycles. The summed E-state index contributed by atoms with van der Waals surface area (Å²) in [5.74, 6) is -0.647. The van der Waals surface area contributed by atoms with E-state index in [-0.39, 0.29) is 23.8 Å². The maximum absolute atomic E-state index is 13.6. The van der Waals surface area contributed by atoms with Gasteiger partial charge in [0.05, 0.1) is 0 Å². The molecule has 34 heavy (non-hydrogen) atoms. The van der Waals surface area contributed by atoms with Crippen LogP contribution in [0.4, 0.5) is 11.4 Å². The Bertz CT molecular complexity index is 1130. The fourth-order valence-electron chi connectivity index (χ4n) is 4.10. The second-order valence-electron chi connectivity index (χ2n) is 8.19. The second kappa shape index (κ2) is 11.3. The summed E-state index contributed by atoms with van der Waals surface area (Å²) >= 11 is 2.99.